The van der Waals surface area contributed by atoms with Crippen molar-refractivity contribution < 1.29 is 4.74 Å². The fourth-order valence-corrected chi connectivity index (χ4v) is 1.11. The fourth-order valence-electron chi connectivity index (χ4n) is 1.11. The van der Waals surface area contributed by atoms with Gasteiger partial charge in [0, 0.05) is 18.7 Å². The van der Waals surface area contributed by atoms with Gasteiger partial charge >= 0.3 is 0 Å². The van der Waals surface area contributed by atoms with Gasteiger partial charge in [-0.15, -0.1) is 0 Å². The maximum absolute atomic E-state index is 5.19. The molecule has 80 valence electrons. The van der Waals surface area contributed by atoms with E-state index in [4.69, 9.17) is 4.74 Å². The van der Waals surface area contributed by atoms with E-state index in [1.807, 2.05) is 37.3 Å². The lowest BCUT2D eigenvalue weighted by Gasteiger charge is -1.99. The molecule has 0 aliphatic carbocycles. The molecule has 0 heterocycles. The van der Waals surface area contributed by atoms with Gasteiger partial charge in [0.05, 0.1) is 13.2 Å². The summed E-state index contributed by atoms with van der Waals surface area (Å²) in [6, 6.07) is 9.99. The maximum atomic E-state index is 5.19. The van der Waals surface area contributed by atoms with E-state index in [0.717, 1.165) is 25.3 Å². The molecule has 2 heteroatoms. The Labute approximate surface area is 91.6 Å². The molecule has 0 aliphatic rings. The second-order valence-electron chi connectivity index (χ2n) is 3.04. The Morgan fingerprint density at radius 1 is 1.27 bits per heavy atom. The zero-order chi connectivity index (χ0) is 10.8. The molecular formula is C13H17NO. The smallest absolute Gasteiger partial charge is 0.0591 e. The summed E-state index contributed by atoms with van der Waals surface area (Å²) in [6.45, 7) is 5.09. The van der Waals surface area contributed by atoms with Crippen molar-refractivity contribution in [1.82, 2.24) is 5.32 Å². The van der Waals surface area contributed by atoms with Gasteiger partial charge in [-0.05, 0) is 19.1 Å². The summed E-state index contributed by atoms with van der Waals surface area (Å²) in [5.74, 6) is 6.14. The second-order valence-corrected chi connectivity index (χ2v) is 3.04. The SMILES string of the molecule is CCOCCNCC#Cc1ccccc1. The molecule has 0 aromatic heterocycles. The third-order valence-corrected chi connectivity index (χ3v) is 1.85. The monoisotopic (exact) mass is 203 g/mol. The highest BCUT2D eigenvalue weighted by Gasteiger charge is 1.84. The van der Waals surface area contributed by atoms with E-state index in [2.05, 4.69) is 17.2 Å². The molecule has 0 aliphatic heterocycles. The van der Waals surface area contributed by atoms with Gasteiger partial charge in [-0.3, -0.25) is 0 Å². The van der Waals surface area contributed by atoms with Crippen LogP contribution in [0.25, 0.3) is 0 Å². The van der Waals surface area contributed by atoms with Crippen LogP contribution < -0.4 is 5.32 Å². The van der Waals surface area contributed by atoms with E-state index < -0.39 is 0 Å². The summed E-state index contributed by atoms with van der Waals surface area (Å²) in [4.78, 5) is 0. The van der Waals surface area contributed by atoms with E-state index in [1.165, 1.54) is 0 Å². The average molecular weight is 203 g/mol. The van der Waals surface area contributed by atoms with E-state index in [-0.39, 0.29) is 0 Å². The number of hydrogen-bond donors (Lipinski definition) is 1. The predicted molar refractivity (Wildman–Crippen MR) is 62.7 cm³/mol. The fraction of sp³-hybridized carbons (Fsp3) is 0.385. The standard InChI is InChI=1S/C13H17NO/c1-2-15-12-11-14-10-6-9-13-7-4-3-5-8-13/h3-5,7-8,14H,2,10-12H2,1H3. The summed E-state index contributed by atoms with van der Waals surface area (Å²) in [5.41, 5.74) is 1.06. The summed E-state index contributed by atoms with van der Waals surface area (Å²) in [7, 11) is 0. The summed E-state index contributed by atoms with van der Waals surface area (Å²) in [6.07, 6.45) is 0. The van der Waals surface area contributed by atoms with Gasteiger partial charge < -0.3 is 10.1 Å². The quantitative estimate of drug-likeness (QED) is 0.580. The molecule has 1 N–H and O–H groups in total. The Kier molecular flexibility index (Phi) is 6.31. The first-order valence-corrected chi connectivity index (χ1v) is 5.26. The van der Waals surface area contributed by atoms with Crippen molar-refractivity contribution in [2.45, 2.75) is 6.92 Å². The van der Waals surface area contributed by atoms with Crippen LogP contribution in [0.4, 0.5) is 0 Å². The highest BCUT2D eigenvalue weighted by molar-refractivity contribution is 5.33. The number of rotatable bonds is 5. The highest BCUT2D eigenvalue weighted by atomic mass is 16.5. The van der Waals surface area contributed by atoms with Crippen molar-refractivity contribution in [3.05, 3.63) is 35.9 Å². The minimum absolute atomic E-state index is 0.710. The van der Waals surface area contributed by atoms with Gasteiger partial charge in [0.2, 0.25) is 0 Å². The first-order chi connectivity index (χ1) is 7.43. The van der Waals surface area contributed by atoms with Crippen molar-refractivity contribution in [1.29, 1.82) is 0 Å². The number of hydrogen-bond acceptors (Lipinski definition) is 2. The summed E-state index contributed by atoms with van der Waals surface area (Å²) >= 11 is 0. The first kappa shape index (κ1) is 11.8. The lowest BCUT2D eigenvalue weighted by Crippen LogP contribution is -2.19. The second kappa shape index (κ2) is 8.05. The van der Waals surface area contributed by atoms with Gasteiger partial charge in [-0.2, -0.15) is 0 Å². The predicted octanol–water partition coefficient (Wildman–Crippen LogP) is 1.66. The minimum atomic E-state index is 0.710. The lowest BCUT2D eigenvalue weighted by atomic mass is 10.2. The van der Waals surface area contributed by atoms with Crippen LogP contribution in [-0.4, -0.2) is 26.3 Å². The first-order valence-electron chi connectivity index (χ1n) is 5.26. The van der Waals surface area contributed by atoms with Gasteiger partial charge in [0.15, 0.2) is 0 Å². The lowest BCUT2D eigenvalue weighted by molar-refractivity contribution is 0.150. The molecule has 1 aromatic rings. The number of benzene rings is 1. The Balaban J connectivity index is 2.12. The minimum Gasteiger partial charge on any atom is -0.380 e. The molecule has 0 unspecified atom stereocenters. The van der Waals surface area contributed by atoms with Gasteiger partial charge in [-0.1, -0.05) is 30.0 Å². The van der Waals surface area contributed by atoms with Crippen LogP contribution in [-0.2, 0) is 4.74 Å². The molecule has 1 aromatic carbocycles. The Morgan fingerprint density at radius 3 is 2.80 bits per heavy atom. The van der Waals surface area contributed by atoms with Crippen LogP contribution in [0.2, 0.25) is 0 Å². The van der Waals surface area contributed by atoms with Crippen LogP contribution in [0, 0.1) is 11.8 Å². The van der Waals surface area contributed by atoms with Crippen molar-refractivity contribution in [2.24, 2.45) is 0 Å². The van der Waals surface area contributed by atoms with E-state index >= 15 is 0 Å². The molecule has 0 radical (unpaired) electrons. The number of ether oxygens (including phenoxy) is 1. The van der Waals surface area contributed by atoms with Crippen molar-refractivity contribution in [2.75, 3.05) is 26.3 Å². The third kappa shape index (κ3) is 5.90. The van der Waals surface area contributed by atoms with Crippen LogP contribution in [0.3, 0.4) is 0 Å². The molecule has 0 amide bonds. The van der Waals surface area contributed by atoms with E-state index in [1.54, 1.807) is 0 Å². The number of nitrogens with one attached hydrogen (secondary N) is 1. The Bertz CT molecular complexity index is 310. The molecule has 15 heavy (non-hydrogen) atoms. The molecule has 1 rings (SSSR count). The van der Waals surface area contributed by atoms with E-state index in [9.17, 15) is 0 Å². The zero-order valence-corrected chi connectivity index (χ0v) is 9.12. The van der Waals surface area contributed by atoms with Gasteiger partial charge in [0.1, 0.15) is 0 Å². The molecule has 0 bridgehead atoms. The molecule has 2 nitrogen and oxygen atoms in total. The topological polar surface area (TPSA) is 21.3 Å². The summed E-state index contributed by atoms with van der Waals surface area (Å²) < 4.78 is 5.19. The molecule has 0 saturated carbocycles. The molecule has 0 saturated heterocycles. The van der Waals surface area contributed by atoms with E-state index in [0.29, 0.717) is 6.54 Å². The maximum Gasteiger partial charge on any atom is 0.0591 e. The normalized spacial score (nSPS) is 9.40. The highest BCUT2D eigenvalue weighted by Crippen LogP contribution is 1.93. The molecule has 0 fully saturated rings. The molecule has 0 spiro atoms. The molecule has 0 atom stereocenters. The van der Waals surface area contributed by atoms with Crippen molar-refractivity contribution >= 4 is 0 Å². The third-order valence-electron chi connectivity index (χ3n) is 1.85. The van der Waals surface area contributed by atoms with Crippen LogP contribution >= 0.6 is 0 Å². The largest absolute Gasteiger partial charge is 0.380 e. The Hall–Kier alpha value is -1.30. The summed E-state index contributed by atoms with van der Waals surface area (Å²) in [5, 5.41) is 3.19. The zero-order valence-electron chi connectivity index (χ0n) is 9.12. The van der Waals surface area contributed by atoms with Crippen LogP contribution in [0.15, 0.2) is 30.3 Å². The average Bonchev–Trinajstić information content (AvgIpc) is 2.29. The molecular weight excluding hydrogens is 186 g/mol. The Morgan fingerprint density at radius 2 is 2.07 bits per heavy atom. The van der Waals surface area contributed by atoms with Crippen LogP contribution in [0.1, 0.15) is 12.5 Å². The van der Waals surface area contributed by atoms with Crippen molar-refractivity contribution in [3.63, 3.8) is 0 Å². The van der Waals surface area contributed by atoms with Crippen molar-refractivity contribution in [3.8, 4) is 11.8 Å². The van der Waals surface area contributed by atoms with Gasteiger partial charge in [0.25, 0.3) is 0 Å². The van der Waals surface area contributed by atoms with Crippen LogP contribution in [0.5, 0.6) is 0 Å². The van der Waals surface area contributed by atoms with Gasteiger partial charge in [-0.25, -0.2) is 0 Å².